The zero-order valence-corrected chi connectivity index (χ0v) is 7.78. The van der Waals surface area contributed by atoms with Gasteiger partial charge in [-0.1, -0.05) is 37.0 Å². The number of aliphatic carboxylic acids is 1. The van der Waals surface area contributed by atoms with Crippen molar-refractivity contribution in [1.82, 2.24) is 0 Å². The highest BCUT2D eigenvalue weighted by Gasteiger charge is 1.92. The first-order valence-corrected chi connectivity index (χ1v) is 4.41. The molecule has 0 amide bonds. The van der Waals surface area contributed by atoms with Crippen molar-refractivity contribution in [2.45, 2.75) is 25.7 Å². The van der Waals surface area contributed by atoms with E-state index in [1.165, 1.54) is 0 Å². The molecule has 0 spiro atoms. The summed E-state index contributed by atoms with van der Waals surface area (Å²) in [6, 6.07) is 0. The van der Waals surface area contributed by atoms with Gasteiger partial charge in [-0.05, 0) is 19.3 Å². The molecule has 13 heavy (non-hydrogen) atoms. The van der Waals surface area contributed by atoms with Crippen LogP contribution in [0.15, 0.2) is 37.0 Å². The number of carbonyl (C=O) groups is 1. The minimum Gasteiger partial charge on any atom is -0.481 e. The van der Waals surface area contributed by atoms with E-state index >= 15 is 0 Å². The van der Waals surface area contributed by atoms with Crippen molar-refractivity contribution in [3.63, 3.8) is 0 Å². The maximum Gasteiger partial charge on any atom is 0.303 e. The van der Waals surface area contributed by atoms with E-state index in [1.54, 1.807) is 6.08 Å². The molecule has 0 rings (SSSR count). The van der Waals surface area contributed by atoms with Crippen molar-refractivity contribution in [3.8, 4) is 0 Å². The van der Waals surface area contributed by atoms with E-state index < -0.39 is 5.97 Å². The van der Waals surface area contributed by atoms with E-state index in [0.29, 0.717) is 0 Å². The molecule has 0 saturated carbocycles. The highest BCUT2D eigenvalue weighted by atomic mass is 16.4. The molecule has 0 unspecified atom stereocenters. The number of unbranched alkanes of at least 4 members (excludes halogenated alkanes) is 1. The lowest BCUT2D eigenvalue weighted by Gasteiger charge is -1.89. The van der Waals surface area contributed by atoms with E-state index in [1.807, 2.05) is 24.3 Å². The van der Waals surface area contributed by atoms with Gasteiger partial charge in [-0.25, -0.2) is 0 Å². The number of carboxylic acid groups (broad SMARTS) is 1. The Bertz CT molecular complexity index is 202. The molecule has 0 aromatic heterocycles. The maximum absolute atomic E-state index is 10.1. The number of rotatable bonds is 7. The van der Waals surface area contributed by atoms with Crippen LogP contribution in [0.5, 0.6) is 0 Å². The molecule has 0 atom stereocenters. The normalized spacial score (nSPS) is 11.1. The Labute approximate surface area is 79.3 Å². The second-order valence-electron chi connectivity index (χ2n) is 2.66. The summed E-state index contributed by atoms with van der Waals surface area (Å²) in [6.07, 6.45) is 12.4. The van der Waals surface area contributed by atoms with Crippen LogP contribution in [0.1, 0.15) is 25.7 Å². The molecule has 0 radical (unpaired) electrons. The summed E-state index contributed by atoms with van der Waals surface area (Å²) in [4.78, 5) is 10.1. The van der Waals surface area contributed by atoms with Crippen LogP contribution in [0.25, 0.3) is 0 Å². The summed E-state index contributed by atoms with van der Waals surface area (Å²) in [6.45, 7) is 3.55. The fourth-order valence-electron chi connectivity index (χ4n) is 0.839. The largest absolute Gasteiger partial charge is 0.481 e. The number of hydrogen-bond acceptors (Lipinski definition) is 1. The van der Waals surface area contributed by atoms with E-state index in [9.17, 15) is 4.79 Å². The minimum absolute atomic E-state index is 0.257. The zero-order valence-electron chi connectivity index (χ0n) is 7.78. The Morgan fingerprint density at radius 2 is 2.08 bits per heavy atom. The summed E-state index contributed by atoms with van der Waals surface area (Å²) < 4.78 is 0. The van der Waals surface area contributed by atoms with Crippen molar-refractivity contribution in [2.75, 3.05) is 0 Å². The number of hydrogen-bond donors (Lipinski definition) is 1. The first kappa shape index (κ1) is 11.7. The van der Waals surface area contributed by atoms with Crippen LogP contribution in [0.2, 0.25) is 0 Å². The fourth-order valence-corrected chi connectivity index (χ4v) is 0.839. The summed E-state index contributed by atoms with van der Waals surface area (Å²) in [5, 5.41) is 8.34. The van der Waals surface area contributed by atoms with Crippen LogP contribution in [0.4, 0.5) is 0 Å². The molecule has 72 valence electrons. The quantitative estimate of drug-likeness (QED) is 0.371. The third-order valence-corrected chi connectivity index (χ3v) is 1.47. The third-order valence-electron chi connectivity index (χ3n) is 1.47. The summed E-state index contributed by atoms with van der Waals surface area (Å²) in [5.41, 5.74) is 0. The van der Waals surface area contributed by atoms with Crippen molar-refractivity contribution in [1.29, 1.82) is 0 Å². The van der Waals surface area contributed by atoms with Gasteiger partial charge < -0.3 is 5.11 Å². The molecule has 2 heteroatoms. The van der Waals surface area contributed by atoms with Gasteiger partial charge in [-0.2, -0.15) is 0 Å². The number of allylic oxidation sites excluding steroid dienone is 5. The predicted octanol–water partition coefficient (Wildman–Crippen LogP) is 2.93. The SMILES string of the molecule is C=C/C=C\C/C=C\CCCC(=O)O. The van der Waals surface area contributed by atoms with Gasteiger partial charge in [0.2, 0.25) is 0 Å². The molecule has 0 aromatic carbocycles. The Hall–Kier alpha value is -1.31. The second-order valence-corrected chi connectivity index (χ2v) is 2.66. The summed E-state index contributed by atoms with van der Waals surface area (Å²) >= 11 is 0. The summed E-state index contributed by atoms with van der Waals surface area (Å²) in [5.74, 6) is -0.722. The van der Waals surface area contributed by atoms with Gasteiger partial charge in [0.25, 0.3) is 0 Å². The lowest BCUT2D eigenvalue weighted by molar-refractivity contribution is -0.137. The standard InChI is InChI=1S/C11H16O2/c1-2-3-4-5-6-7-8-9-10-11(12)13/h2-4,6-7H,1,5,8-10H2,(H,12,13)/b4-3-,7-6-. The smallest absolute Gasteiger partial charge is 0.303 e. The first-order chi connectivity index (χ1) is 6.27. The summed E-state index contributed by atoms with van der Waals surface area (Å²) in [7, 11) is 0. The zero-order chi connectivity index (χ0) is 9.94. The van der Waals surface area contributed by atoms with Gasteiger partial charge in [0.15, 0.2) is 0 Å². The monoisotopic (exact) mass is 180 g/mol. The van der Waals surface area contributed by atoms with E-state index in [0.717, 1.165) is 19.3 Å². The highest BCUT2D eigenvalue weighted by molar-refractivity contribution is 5.66. The van der Waals surface area contributed by atoms with Gasteiger partial charge >= 0.3 is 5.97 Å². The average Bonchev–Trinajstić information content (AvgIpc) is 2.09. The Morgan fingerprint density at radius 1 is 1.31 bits per heavy atom. The van der Waals surface area contributed by atoms with Crippen molar-refractivity contribution >= 4 is 5.97 Å². The lowest BCUT2D eigenvalue weighted by atomic mass is 10.2. The van der Waals surface area contributed by atoms with Gasteiger partial charge in [-0.3, -0.25) is 4.79 Å². The number of carboxylic acids is 1. The van der Waals surface area contributed by atoms with E-state index in [2.05, 4.69) is 6.58 Å². The molecule has 0 aliphatic rings. The van der Waals surface area contributed by atoms with Gasteiger partial charge in [0.1, 0.15) is 0 Å². The molecule has 0 aromatic rings. The van der Waals surface area contributed by atoms with E-state index in [-0.39, 0.29) is 6.42 Å². The second kappa shape index (κ2) is 8.78. The minimum atomic E-state index is -0.722. The van der Waals surface area contributed by atoms with E-state index in [4.69, 9.17) is 5.11 Å². The Balaban J connectivity index is 3.26. The van der Waals surface area contributed by atoms with Crippen LogP contribution in [-0.2, 0) is 4.79 Å². The van der Waals surface area contributed by atoms with Gasteiger partial charge in [0, 0.05) is 6.42 Å². The molecule has 0 fully saturated rings. The lowest BCUT2D eigenvalue weighted by Crippen LogP contribution is -1.92. The topological polar surface area (TPSA) is 37.3 Å². The Kier molecular flexibility index (Phi) is 7.90. The molecule has 0 saturated heterocycles. The third kappa shape index (κ3) is 10.7. The molecular weight excluding hydrogens is 164 g/mol. The molecule has 0 aliphatic heterocycles. The van der Waals surface area contributed by atoms with Crippen LogP contribution >= 0.6 is 0 Å². The average molecular weight is 180 g/mol. The maximum atomic E-state index is 10.1. The van der Waals surface area contributed by atoms with Crippen LogP contribution in [-0.4, -0.2) is 11.1 Å². The molecule has 0 heterocycles. The molecule has 0 bridgehead atoms. The predicted molar refractivity (Wildman–Crippen MR) is 54.6 cm³/mol. The van der Waals surface area contributed by atoms with Crippen LogP contribution in [0, 0.1) is 0 Å². The van der Waals surface area contributed by atoms with Crippen LogP contribution in [0.3, 0.4) is 0 Å². The fraction of sp³-hybridized carbons (Fsp3) is 0.364. The molecule has 0 aliphatic carbocycles. The van der Waals surface area contributed by atoms with Crippen LogP contribution < -0.4 is 0 Å². The molecular formula is C11H16O2. The molecule has 1 N–H and O–H groups in total. The van der Waals surface area contributed by atoms with Gasteiger partial charge in [-0.15, -0.1) is 0 Å². The van der Waals surface area contributed by atoms with Crippen molar-refractivity contribution in [3.05, 3.63) is 37.0 Å². The van der Waals surface area contributed by atoms with Crippen molar-refractivity contribution < 1.29 is 9.90 Å². The van der Waals surface area contributed by atoms with Crippen molar-refractivity contribution in [2.24, 2.45) is 0 Å². The first-order valence-electron chi connectivity index (χ1n) is 4.41. The van der Waals surface area contributed by atoms with Gasteiger partial charge in [0.05, 0.1) is 0 Å². The highest BCUT2D eigenvalue weighted by Crippen LogP contribution is 1.97. The molecule has 2 nitrogen and oxygen atoms in total. The Morgan fingerprint density at radius 3 is 2.69 bits per heavy atom.